The predicted octanol–water partition coefficient (Wildman–Crippen LogP) is 3.37. The molecule has 19 heavy (non-hydrogen) atoms. The summed E-state index contributed by atoms with van der Waals surface area (Å²) in [6.45, 7) is 1.91. The van der Waals surface area contributed by atoms with E-state index in [2.05, 4.69) is 6.07 Å². The van der Waals surface area contributed by atoms with Gasteiger partial charge >= 0.3 is 0 Å². The maximum atomic E-state index is 10.8. The van der Waals surface area contributed by atoms with Gasteiger partial charge in [-0.2, -0.15) is 5.26 Å². The summed E-state index contributed by atoms with van der Waals surface area (Å²) < 4.78 is 0. The van der Waals surface area contributed by atoms with E-state index >= 15 is 0 Å². The fourth-order valence-corrected chi connectivity index (χ4v) is 1.95. The Morgan fingerprint density at radius 3 is 2.63 bits per heavy atom. The molecule has 2 rings (SSSR count). The van der Waals surface area contributed by atoms with Crippen LogP contribution in [0.25, 0.3) is 0 Å². The van der Waals surface area contributed by atoms with E-state index in [9.17, 15) is 10.1 Å². The number of nitriles is 1. The Morgan fingerprint density at radius 1 is 1.21 bits per heavy atom. The summed E-state index contributed by atoms with van der Waals surface area (Å²) >= 11 is 0. The van der Waals surface area contributed by atoms with Crippen LogP contribution in [0.2, 0.25) is 0 Å². The van der Waals surface area contributed by atoms with Crippen LogP contribution in [-0.4, -0.2) is 4.92 Å². The van der Waals surface area contributed by atoms with Crippen molar-refractivity contribution in [1.29, 1.82) is 5.26 Å². The molecule has 0 amide bonds. The van der Waals surface area contributed by atoms with Crippen molar-refractivity contribution < 1.29 is 4.92 Å². The molecule has 0 unspecified atom stereocenters. The summed E-state index contributed by atoms with van der Waals surface area (Å²) in [6, 6.07) is 14.2. The van der Waals surface area contributed by atoms with E-state index in [0.29, 0.717) is 12.0 Å². The Morgan fingerprint density at radius 2 is 1.95 bits per heavy atom. The van der Waals surface area contributed by atoms with E-state index in [1.54, 1.807) is 18.2 Å². The van der Waals surface area contributed by atoms with Crippen LogP contribution >= 0.6 is 0 Å². The average molecular weight is 252 g/mol. The second-order valence-corrected chi connectivity index (χ2v) is 4.31. The molecule has 2 aromatic carbocycles. The molecular weight excluding hydrogens is 240 g/mol. The van der Waals surface area contributed by atoms with Crippen molar-refractivity contribution in [1.82, 2.24) is 0 Å². The van der Waals surface area contributed by atoms with Crippen LogP contribution in [0.15, 0.2) is 42.5 Å². The number of aryl methyl sites for hydroxylation is 1. The standard InChI is InChI=1S/C15H12N2O2/c1-11-6-7-15(17(18)19)9-14(11)8-12-4-2-3-5-13(12)10-16/h2-7,9H,8H2,1H3. The van der Waals surface area contributed by atoms with Crippen molar-refractivity contribution in [2.75, 3.05) is 0 Å². The predicted molar refractivity (Wildman–Crippen MR) is 71.8 cm³/mol. The number of benzene rings is 2. The van der Waals surface area contributed by atoms with Gasteiger partial charge in [-0.1, -0.05) is 24.3 Å². The van der Waals surface area contributed by atoms with Gasteiger partial charge in [-0.25, -0.2) is 0 Å². The zero-order valence-electron chi connectivity index (χ0n) is 10.5. The molecule has 0 spiro atoms. The highest BCUT2D eigenvalue weighted by Crippen LogP contribution is 2.21. The Labute approximate surface area is 111 Å². The van der Waals surface area contributed by atoms with Gasteiger partial charge in [0.15, 0.2) is 0 Å². The van der Waals surface area contributed by atoms with Gasteiger partial charge in [-0.15, -0.1) is 0 Å². The highest BCUT2D eigenvalue weighted by Gasteiger charge is 2.10. The molecule has 0 aliphatic heterocycles. The summed E-state index contributed by atoms with van der Waals surface area (Å²) in [6.07, 6.45) is 0.525. The van der Waals surface area contributed by atoms with Gasteiger partial charge in [0.05, 0.1) is 16.6 Å². The third-order valence-corrected chi connectivity index (χ3v) is 3.06. The smallest absolute Gasteiger partial charge is 0.258 e. The molecule has 4 nitrogen and oxygen atoms in total. The monoisotopic (exact) mass is 252 g/mol. The lowest BCUT2D eigenvalue weighted by atomic mass is 9.97. The van der Waals surface area contributed by atoms with Gasteiger partial charge in [0.2, 0.25) is 0 Å². The Hall–Kier alpha value is -2.67. The summed E-state index contributed by atoms with van der Waals surface area (Å²) in [7, 11) is 0. The van der Waals surface area contributed by atoms with Crippen molar-refractivity contribution in [3.8, 4) is 6.07 Å². The van der Waals surface area contributed by atoms with Crippen LogP contribution in [0, 0.1) is 28.4 Å². The molecule has 0 aliphatic rings. The van der Waals surface area contributed by atoms with E-state index in [1.807, 2.05) is 25.1 Å². The fraction of sp³-hybridized carbons (Fsp3) is 0.133. The lowest BCUT2D eigenvalue weighted by Gasteiger charge is -2.07. The topological polar surface area (TPSA) is 66.9 Å². The molecule has 0 saturated carbocycles. The second-order valence-electron chi connectivity index (χ2n) is 4.31. The Balaban J connectivity index is 2.41. The van der Waals surface area contributed by atoms with Gasteiger partial charge in [0, 0.05) is 12.1 Å². The minimum atomic E-state index is -0.404. The maximum Gasteiger partial charge on any atom is 0.269 e. The molecule has 0 saturated heterocycles. The Kier molecular flexibility index (Phi) is 3.58. The minimum absolute atomic E-state index is 0.0787. The van der Waals surface area contributed by atoms with Gasteiger partial charge in [0.25, 0.3) is 5.69 Å². The average Bonchev–Trinajstić information content (AvgIpc) is 2.41. The maximum absolute atomic E-state index is 10.8. The van der Waals surface area contributed by atoms with Crippen LogP contribution in [0.4, 0.5) is 5.69 Å². The van der Waals surface area contributed by atoms with E-state index in [0.717, 1.165) is 16.7 Å². The number of rotatable bonds is 3. The van der Waals surface area contributed by atoms with E-state index in [4.69, 9.17) is 5.26 Å². The largest absolute Gasteiger partial charge is 0.269 e. The molecule has 0 radical (unpaired) electrons. The molecule has 94 valence electrons. The lowest BCUT2D eigenvalue weighted by molar-refractivity contribution is -0.384. The van der Waals surface area contributed by atoms with E-state index in [-0.39, 0.29) is 5.69 Å². The molecule has 4 heteroatoms. The van der Waals surface area contributed by atoms with E-state index in [1.165, 1.54) is 6.07 Å². The van der Waals surface area contributed by atoms with Crippen molar-refractivity contribution in [3.05, 3.63) is 74.8 Å². The molecule has 0 heterocycles. The second kappa shape index (κ2) is 5.32. The molecule has 0 bridgehead atoms. The molecular formula is C15H12N2O2. The van der Waals surface area contributed by atoms with Gasteiger partial charge in [-0.05, 0) is 36.1 Å². The summed E-state index contributed by atoms with van der Waals surface area (Å²) in [5.74, 6) is 0. The van der Waals surface area contributed by atoms with Crippen molar-refractivity contribution in [2.24, 2.45) is 0 Å². The number of hydrogen-bond acceptors (Lipinski definition) is 3. The number of nitrogens with zero attached hydrogens (tertiary/aromatic N) is 2. The van der Waals surface area contributed by atoms with Crippen molar-refractivity contribution >= 4 is 5.69 Å². The summed E-state index contributed by atoms with van der Waals surface area (Å²) in [5, 5.41) is 19.8. The highest BCUT2D eigenvalue weighted by atomic mass is 16.6. The zero-order valence-corrected chi connectivity index (χ0v) is 10.5. The first-order valence-electron chi connectivity index (χ1n) is 5.83. The van der Waals surface area contributed by atoms with E-state index < -0.39 is 4.92 Å². The van der Waals surface area contributed by atoms with Crippen molar-refractivity contribution in [3.63, 3.8) is 0 Å². The first-order valence-corrected chi connectivity index (χ1v) is 5.83. The van der Waals surface area contributed by atoms with Crippen LogP contribution < -0.4 is 0 Å². The van der Waals surface area contributed by atoms with Crippen LogP contribution in [0.1, 0.15) is 22.3 Å². The minimum Gasteiger partial charge on any atom is -0.258 e. The quantitative estimate of drug-likeness (QED) is 0.621. The third-order valence-electron chi connectivity index (χ3n) is 3.06. The summed E-state index contributed by atoms with van der Waals surface area (Å²) in [4.78, 5) is 10.4. The molecule has 0 aromatic heterocycles. The molecule has 0 aliphatic carbocycles. The van der Waals surface area contributed by atoms with Gasteiger partial charge < -0.3 is 0 Å². The molecule has 0 N–H and O–H groups in total. The number of nitro benzene ring substituents is 1. The number of non-ortho nitro benzene ring substituents is 1. The van der Waals surface area contributed by atoms with Crippen molar-refractivity contribution in [2.45, 2.75) is 13.3 Å². The fourth-order valence-electron chi connectivity index (χ4n) is 1.95. The molecule has 0 fully saturated rings. The number of nitro groups is 1. The highest BCUT2D eigenvalue weighted by molar-refractivity contribution is 5.45. The lowest BCUT2D eigenvalue weighted by Crippen LogP contribution is -1.97. The SMILES string of the molecule is Cc1ccc([N+](=O)[O-])cc1Cc1ccccc1C#N. The molecule has 0 atom stereocenters. The third kappa shape index (κ3) is 2.78. The van der Waals surface area contributed by atoms with Crippen LogP contribution in [-0.2, 0) is 6.42 Å². The first-order chi connectivity index (χ1) is 9.11. The zero-order chi connectivity index (χ0) is 13.8. The van der Waals surface area contributed by atoms with Crippen LogP contribution in [0.5, 0.6) is 0 Å². The van der Waals surface area contributed by atoms with Gasteiger partial charge in [-0.3, -0.25) is 10.1 Å². The number of hydrogen-bond donors (Lipinski definition) is 0. The molecule has 2 aromatic rings. The summed E-state index contributed by atoms with van der Waals surface area (Å²) in [5.41, 5.74) is 3.42. The first kappa shape index (κ1) is 12.8. The van der Waals surface area contributed by atoms with Gasteiger partial charge in [0.1, 0.15) is 0 Å². The normalized spacial score (nSPS) is 9.89. The van der Waals surface area contributed by atoms with Crippen LogP contribution in [0.3, 0.4) is 0 Å². The Bertz CT molecular complexity index is 672.